The molecule has 0 atom stereocenters. The Morgan fingerprint density at radius 2 is 1.85 bits per heavy atom. The predicted octanol–water partition coefficient (Wildman–Crippen LogP) is 4.03. The fraction of sp³-hybridized carbons (Fsp3) is 0.214. The van der Waals surface area contributed by atoms with Crippen molar-refractivity contribution in [3.8, 4) is 0 Å². The molecular weight excluding hydrogens is 276 g/mol. The van der Waals surface area contributed by atoms with Gasteiger partial charge in [0.2, 0.25) is 0 Å². The van der Waals surface area contributed by atoms with Crippen LogP contribution in [0.25, 0.3) is 0 Å². The van der Waals surface area contributed by atoms with E-state index in [1.54, 1.807) is 0 Å². The van der Waals surface area contributed by atoms with Crippen molar-refractivity contribution in [3.63, 3.8) is 0 Å². The third kappa shape index (κ3) is 3.21. The van der Waals surface area contributed by atoms with Gasteiger partial charge in [0.15, 0.2) is 0 Å². The van der Waals surface area contributed by atoms with Gasteiger partial charge in [-0.15, -0.1) is 0 Å². The maximum Gasteiger partial charge on any atom is 0.324 e. The summed E-state index contributed by atoms with van der Waals surface area (Å²) in [5, 5.41) is 13.3. The molecule has 1 amide bonds. The third-order valence-electron chi connectivity index (χ3n) is 2.83. The molecule has 0 spiro atoms. The average Bonchev–Trinajstić information content (AvgIpc) is 2.89. The minimum absolute atomic E-state index is 0.0368. The molecule has 0 fully saturated rings. The predicted molar refractivity (Wildman–Crippen MR) is 79.5 cm³/mol. The van der Waals surface area contributed by atoms with Gasteiger partial charge in [0.25, 0.3) is 5.91 Å². The lowest BCUT2D eigenvalue weighted by molar-refractivity contribution is -0.380. The molecule has 2 rings (SSSR count). The van der Waals surface area contributed by atoms with E-state index in [-0.39, 0.29) is 10.9 Å². The largest absolute Gasteiger partial charge is 0.324 e. The maximum absolute atomic E-state index is 11.9. The number of carbonyl (C=O) groups excluding carboxylic acids is 1. The van der Waals surface area contributed by atoms with Crippen molar-refractivity contribution in [1.82, 2.24) is 0 Å². The SMILES string of the molecule is CC(C)c1ccc(NC(=O)c2ccc([N+](=O)[O-])s2)cc1. The topological polar surface area (TPSA) is 72.2 Å². The standard InChI is InChI=1S/C14H14N2O3S/c1-9(2)10-3-5-11(6-4-10)15-14(17)12-7-8-13(20-12)16(18)19/h3-9H,1-2H3,(H,15,17). The Kier molecular flexibility index (Phi) is 4.14. The van der Waals surface area contributed by atoms with Gasteiger partial charge in [-0.2, -0.15) is 0 Å². The fourth-order valence-electron chi connectivity index (χ4n) is 1.69. The Morgan fingerprint density at radius 3 is 2.35 bits per heavy atom. The molecule has 0 saturated carbocycles. The van der Waals surface area contributed by atoms with E-state index in [0.717, 1.165) is 11.3 Å². The summed E-state index contributed by atoms with van der Waals surface area (Å²) in [5.41, 5.74) is 1.87. The quantitative estimate of drug-likeness (QED) is 0.682. The van der Waals surface area contributed by atoms with Gasteiger partial charge in [-0.3, -0.25) is 14.9 Å². The van der Waals surface area contributed by atoms with Gasteiger partial charge in [0.1, 0.15) is 0 Å². The number of rotatable bonds is 4. The van der Waals surface area contributed by atoms with Crippen LogP contribution < -0.4 is 5.32 Å². The van der Waals surface area contributed by atoms with Crippen molar-refractivity contribution in [1.29, 1.82) is 0 Å². The Hall–Kier alpha value is -2.21. The Bertz CT molecular complexity index is 632. The smallest absolute Gasteiger partial charge is 0.321 e. The molecule has 104 valence electrons. The Morgan fingerprint density at radius 1 is 1.20 bits per heavy atom. The van der Waals surface area contributed by atoms with Crippen LogP contribution in [-0.4, -0.2) is 10.8 Å². The summed E-state index contributed by atoms with van der Waals surface area (Å²) in [6.07, 6.45) is 0. The lowest BCUT2D eigenvalue weighted by atomic mass is 10.0. The van der Waals surface area contributed by atoms with Crippen LogP contribution in [0.1, 0.15) is 35.0 Å². The number of nitrogens with zero attached hydrogens (tertiary/aromatic N) is 1. The Labute approximate surface area is 120 Å². The van der Waals surface area contributed by atoms with Crippen LogP contribution in [-0.2, 0) is 0 Å². The summed E-state index contributed by atoms with van der Waals surface area (Å²) < 4.78 is 0. The van der Waals surface area contributed by atoms with Crippen LogP contribution in [0, 0.1) is 10.1 Å². The van der Waals surface area contributed by atoms with E-state index in [0.29, 0.717) is 16.5 Å². The monoisotopic (exact) mass is 290 g/mol. The number of nitro groups is 1. The minimum atomic E-state index is -0.501. The number of hydrogen-bond acceptors (Lipinski definition) is 4. The number of hydrogen-bond donors (Lipinski definition) is 1. The molecule has 1 heterocycles. The first kappa shape index (κ1) is 14.2. The molecule has 5 nitrogen and oxygen atoms in total. The van der Waals surface area contributed by atoms with Crippen LogP contribution in [0.5, 0.6) is 0 Å². The third-order valence-corrected chi connectivity index (χ3v) is 3.87. The molecule has 1 aromatic carbocycles. The highest BCUT2D eigenvalue weighted by atomic mass is 32.1. The number of carbonyl (C=O) groups is 1. The van der Waals surface area contributed by atoms with Gasteiger partial charge in [-0.25, -0.2) is 0 Å². The van der Waals surface area contributed by atoms with E-state index in [1.807, 2.05) is 24.3 Å². The fourth-order valence-corrected chi connectivity index (χ4v) is 2.41. The zero-order chi connectivity index (χ0) is 14.7. The van der Waals surface area contributed by atoms with E-state index in [2.05, 4.69) is 19.2 Å². The number of amides is 1. The first-order valence-corrected chi connectivity index (χ1v) is 6.94. The van der Waals surface area contributed by atoms with Gasteiger partial charge in [-0.1, -0.05) is 37.3 Å². The molecule has 20 heavy (non-hydrogen) atoms. The highest BCUT2D eigenvalue weighted by molar-refractivity contribution is 7.17. The zero-order valence-corrected chi connectivity index (χ0v) is 11.9. The van der Waals surface area contributed by atoms with E-state index >= 15 is 0 Å². The van der Waals surface area contributed by atoms with Gasteiger partial charge in [-0.05, 0) is 29.7 Å². The minimum Gasteiger partial charge on any atom is -0.321 e. The average molecular weight is 290 g/mol. The molecule has 0 radical (unpaired) electrons. The van der Waals surface area contributed by atoms with Crippen molar-refractivity contribution in [2.24, 2.45) is 0 Å². The van der Waals surface area contributed by atoms with Gasteiger partial charge < -0.3 is 5.32 Å². The van der Waals surface area contributed by atoms with E-state index in [1.165, 1.54) is 17.7 Å². The molecule has 0 aliphatic heterocycles. The van der Waals surface area contributed by atoms with Crippen molar-refractivity contribution in [2.75, 3.05) is 5.32 Å². The molecule has 6 heteroatoms. The Balaban J connectivity index is 2.08. The second kappa shape index (κ2) is 5.83. The molecule has 1 aromatic heterocycles. The first-order chi connectivity index (χ1) is 9.47. The maximum atomic E-state index is 11.9. The van der Waals surface area contributed by atoms with Crippen molar-refractivity contribution >= 4 is 27.9 Å². The van der Waals surface area contributed by atoms with Crippen molar-refractivity contribution in [3.05, 3.63) is 57.0 Å². The zero-order valence-electron chi connectivity index (χ0n) is 11.1. The number of benzene rings is 1. The molecule has 0 bridgehead atoms. The van der Waals surface area contributed by atoms with Crippen molar-refractivity contribution < 1.29 is 9.72 Å². The molecule has 0 saturated heterocycles. The second-order valence-electron chi connectivity index (χ2n) is 4.63. The molecule has 0 aliphatic carbocycles. The number of nitrogens with one attached hydrogen (secondary N) is 1. The number of anilines is 1. The van der Waals surface area contributed by atoms with E-state index in [4.69, 9.17) is 0 Å². The second-order valence-corrected chi connectivity index (χ2v) is 5.69. The summed E-state index contributed by atoms with van der Waals surface area (Å²) >= 11 is 0.865. The van der Waals surface area contributed by atoms with Gasteiger partial charge in [0.05, 0.1) is 9.80 Å². The van der Waals surface area contributed by atoms with Crippen LogP contribution >= 0.6 is 11.3 Å². The molecule has 2 aromatic rings. The molecule has 1 N–H and O–H groups in total. The first-order valence-electron chi connectivity index (χ1n) is 6.13. The van der Waals surface area contributed by atoms with Gasteiger partial charge in [0, 0.05) is 11.8 Å². The van der Waals surface area contributed by atoms with Gasteiger partial charge >= 0.3 is 5.00 Å². The molecule has 0 unspecified atom stereocenters. The van der Waals surface area contributed by atoms with Crippen LogP contribution in [0.2, 0.25) is 0 Å². The summed E-state index contributed by atoms with van der Waals surface area (Å²) in [6.45, 7) is 4.19. The number of thiophene rings is 1. The van der Waals surface area contributed by atoms with Crippen molar-refractivity contribution in [2.45, 2.75) is 19.8 Å². The summed E-state index contributed by atoms with van der Waals surface area (Å²) in [5.74, 6) is 0.0973. The highest BCUT2D eigenvalue weighted by Gasteiger charge is 2.15. The molecular formula is C14H14N2O3S. The van der Waals surface area contributed by atoms with E-state index in [9.17, 15) is 14.9 Å². The van der Waals surface area contributed by atoms with Crippen LogP contribution in [0.15, 0.2) is 36.4 Å². The highest BCUT2D eigenvalue weighted by Crippen LogP contribution is 2.25. The summed E-state index contributed by atoms with van der Waals surface area (Å²) in [7, 11) is 0. The normalized spacial score (nSPS) is 10.6. The van der Waals surface area contributed by atoms with Crippen LogP contribution in [0.4, 0.5) is 10.7 Å². The molecule has 0 aliphatic rings. The lowest BCUT2D eigenvalue weighted by Crippen LogP contribution is -2.09. The lowest BCUT2D eigenvalue weighted by Gasteiger charge is -2.07. The van der Waals surface area contributed by atoms with E-state index < -0.39 is 4.92 Å². The van der Waals surface area contributed by atoms with Crippen LogP contribution in [0.3, 0.4) is 0 Å². The summed E-state index contributed by atoms with van der Waals surface area (Å²) in [4.78, 5) is 22.3. The summed E-state index contributed by atoms with van der Waals surface area (Å²) in [6, 6.07) is 10.4.